The summed E-state index contributed by atoms with van der Waals surface area (Å²) in [5.41, 5.74) is 3.55. The van der Waals surface area contributed by atoms with Crippen molar-refractivity contribution in [2.75, 3.05) is 0 Å². The Bertz CT molecular complexity index is 1280. The van der Waals surface area contributed by atoms with Gasteiger partial charge in [-0.3, -0.25) is 19.6 Å². The van der Waals surface area contributed by atoms with Crippen LogP contribution in [0.25, 0.3) is 6.08 Å². The maximum Gasteiger partial charge on any atom is 0.320 e. The molecule has 0 spiro atoms. The van der Waals surface area contributed by atoms with Crippen LogP contribution in [-0.4, -0.2) is 31.3 Å². The predicted octanol–water partition coefficient (Wildman–Crippen LogP) is 5.25. The van der Waals surface area contributed by atoms with Crippen molar-refractivity contribution >= 4 is 23.4 Å². The average molecular weight is 456 g/mol. The molecule has 2 aromatic carbocycles. The van der Waals surface area contributed by atoms with Crippen LogP contribution in [0, 0.1) is 16.0 Å². The fraction of sp³-hybridized carbons (Fsp3) is 0.269. The summed E-state index contributed by atoms with van der Waals surface area (Å²) in [5, 5.41) is 22.1. The summed E-state index contributed by atoms with van der Waals surface area (Å²) in [6.45, 7) is 2.25. The number of nitro groups is 1. The van der Waals surface area contributed by atoms with Gasteiger partial charge in [0, 0.05) is 12.5 Å². The second-order valence-electron chi connectivity index (χ2n) is 8.55. The summed E-state index contributed by atoms with van der Waals surface area (Å²) in [7, 11) is 0. The SMILES string of the molecule is CCn1cc([N+](=O)[O-])c(C(=O)N2N=C3/C(=C/c4ccccc4)CCC[C@H]3[C@@H]2c2ccccc2)n1. The number of nitrogens with zero attached hydrogens (tertiary/aromatic N) is 5. The lowest BCUT2D eigenvalue weighted by atomic mass is 9.77. The highest BCUT2D eigenvalue weighted by atomic mass is 16.6. The molecular formula is C26H25N5O3. The molecule has 2 heterocycles. The van der Waals surface area contributed by atoms with Gasteiger partial charge in [0.05, 0.1) is 16.7 Å². The van der Waals surface area contributed by atoms with E-state index in [1.54, 1.807) is 0 Å². The molecule has 1 fully saturated rings. The number of fused-ring (bicyclic) bond motifs is 1. The summed E-state index contributed by atoms with van der Waals surface area (Å²) < 4.78 is 1.42. The van der Waals surface area contributed by atoms with Crippen molar-refractivity contribution in [1.82, 2.24) is 14.8 Å². The van der Waals surface area contributed by atoms with Crippen molar-refractivity contribution in [3.05, 3.63) is 99.4 Å². The lowest BCUT2D eigenvalue weighted by Gasteiger charge is -2.29. The Kier molecular flexibility index (Phi) is 5.79. The third kappa shape index (κ3) is 3.91. The van der Waals surface area contributed by atoms with Crippen molar-refractivity contribution in [3.8, 4) is 0 Å². The number of rotatable bonds is 5. The molecule has 1 saturated carbocycles. The van der Waals surface area contributed by atoms with Crippen molar-refractivity contribution in [2.45, 2.75) is 38.8 Å². The summed E-state index contributed by atoms with van der Waals surface area (Å²) in [5.74, 6) is -0.531. The van der Waals surface area contributed by atoms with Gasteiger partial charge < -0.3 is 0 Å². The van der Waals surface area contributed by atoms with Crippen LogP contribution in [0.15, 0.2) is 77.5 Å². The van der Waals surface area contributed by atoms with Gasteiger partial charge in [-0.05, 0) is 49.0 Å². The number of amides is 1. The van der Waals surface area contributed by atoms with E-state index in [1.165, 1.54) is 15.9 Å². The van der Waals surface area contributed by atoms with Crippen molar-refractivity contribution in [2.24, 2.45) is 11.0 Å². The van der Waals surface area contributed by atoms with Crippen LogP contribution < -0.4 is 0 Å². The van der Waals surface area contributed by atoms with Crippen LogP contribution in [0.5, 0.6) is 0 Å². The predicted molar refractivity (Wildman–Crippen MR) is 129 cm³/mol. The van der Waals surface area contributed by atoms with Crippen LogP contribution in [0.1, 0.15) is 53.8 Å². The van der Waals surface area contributed by atoms with Gasteiger partial charge in [-0.2, -0.15) is 10.2 Å². The van der Waals surface area contributed by atoms with E-state index in [9.17, 15) is 14.9 Å². The zero-order valence-electron chi connectivity index (χ0n) is 18.9. The Hall–Kier alpha value is -4.07. The summed E-state index contributed by atoms with van der Waals surface area (Å²) in [4.78, 5) is 24.8. The number of hydrogen-bond acceptors (Lipinski definition) is 5. The number of carbonyl (C=O) groups is 1. The maximum absolute atomic E-state index is 13.7. The quantitative estimate of drug-likeness (QED) is 0.388. The molecule has 1 aliphatic heterocycles. The summed E-state index contributed by atoms with van der Waals surface area (Å²) in [6, 6.07) is 19.5. The van der Waals surface area contributed by atoms with Gasteiger partial charge in [0.2, 0.25) is 5.69 Å². The van der Waals surface area contributed by atoms with E-state index in [2.05, 4.69) is 11.2 Å². The Morgan fingerprint density at radius 3 is 2.53 bits per heavy atom. The minimum absolute atomic E-state index is 0.0161. The van der Waals surface area contributed by atoms with Gasteiger partial charge in [0.1, 0.15) is 6.20 Å². The first-order chi connectivity index (χ1) is 16.6. The van der Waals surface area contributed by atoms with Crippen molar-refractivity contribution < 1.29 is 9.72 Å². The molecule has 0 bridgehead atoms. The average Bonchev–Trinajstić information content (AvgIpc) is 3.48. The highest BCUT2D eigenvalue weighted by Gasteiger charge is 2.45. The molecule has 34 heavy (non-hydrogen) atoms. The molecule has 2 atom stereocenters. The monoisotopic (exact) mass is 455 g/mol. The number of aryl methyl sites for hydroxylation is 1. The molecule has 3 aromatic rings. The molecule has 0 radical (unpaired) electrons. The van der Waals surface area contributed by atoms with Crippen molar-refractivity contribution in [3.63, 3.8) is 0 Å². The lowest BCUT2D eigenvalue weighted by molar-refractivity contribution is -0.385. The molecule has 1 amide bonds. The molecule has 0 unspecified atom stereocenters. The summed E-state index contributed by atoms with van der Waals surface area (Å²) >= 11 is 0. The third-order valence-electron chi connectivity index (χ3n) is 6.46. The van der Waals surface area contributed by atoms with Gasteiger partial charge in [-0.25, -0.2) is 5.01 Å². The molecule has 0 saturated heterocycles. The Balaban J connectivity index is 1.61. The largest absolute Gasteiger partial charge is 0.320 e. The number of hydrazone groups is 1. The Labute approximate surface area is 197 Å². The van der Waals surface area contributed by atoms with Crippen LogP contribution >= 0.6 is 0 Å². The fourth-order valence-corrected chi connectivity index (χ4v) is 4.87. The minimum atomic E-state index is -0.555. The molecular weight excluding hydrogens is 430 g/mol. The standard InChI is InChI=1S/C26H25N5O3/c1-2-29-17-22(31(33)34)24(27-29)26(32)30-25(19-12-7-4-8-13-19)21-15-9-14-20(23(21)28-30)16-18-10-5-3-6-11-18/h3-8,10-13,16-17,21,25H,2,9,14-15H2,1H3/b20-16+/t21-,25+/m1/s1. The van der Waals surface area contributed by atoms with E-state index in [-0.39, 0.29) is 23.3 Å². The molecule has 8 heteroatoms. The number of benzene rings is 2. The van der Waals surface area contributed by atoms with E-state index < -0.39 is 10.8 Å². The lowest BCUT2D eigenvalue weighted by Crippen LogP contribution is -2.32. The molecule has 172 valence electrons. The van der Waals surface area contributed by atoms with E-state index in [4.69, 9.17) is 5.10 Å². The van der Waals surface area contributed by atoms with E-state index in [1.807, 2.05) is 67.6 Å². The number of aromatic nitrogens is 2. The molecule has 0 N–H and O–H groups in total. The Morgan fingerprint density at radius 1 is 1.15 bits per heavy atom. The van der Waals surface area contributed by atoms with E-state index >= 15 is 0 Å². The summed E-state index contributed by atoms with van der Waals surface area (Å²) in [6.07, 6.45) is 6.19. The molecule has 1 aromatic heterocycles. The molecule has 5 rings (SSSR count). The molecule has 1 aliphatic carbocycles. The number of allylic oxidation sites excluding steroid dienone is 1. The van der Waals surface area contributed by atoms with Crippen LogP contribution in [0.3, 0.4) is 0 Å². The normalized spacial score (nSPS) is 20.8. The second-order valence-corrected chi connectivity index (χ2v) is 8.55. The van der Waals surface area contributed by atoms with E-state index in [0.29, 0.717) is 6.54 Å². The molecule has 8 nitrogen and oxygen atoms in total. The topological polar surface area (TPSA) is 93.6 Å². The van der Waals surface area contributed by atoms with E-state index in [0.717, 1.165) is 41.7 Å². The zero-order chi connectivity index (χ0) is 23.7. The number of carbonyl (C=O) groups excluding carboxylic acids is 1. The first-order valence-electron chi connectivity index (χ1n) is 11.5. The fourth-order valence-electron chi connectivity index (χ4n) is 4.87. The van der Waals surface area contributed by atoms with Crippen LogP contribution in [-0.2, 0) is 6.54 Å². The van der Waals surface area contributed by atoms with Gasteiger partial charge in [-0.15, -0.1) is 0 Å². The minimum Gasteiger partial charge on any atom is -0.265 e. The van der Waals surface area contributed by atoms with Crippen LogP contribution in [0.2, 0.25) is 0 Å². The first-order valence-corrected chi connectivity index (χ1v) is 11.5. The smallest absolute Gasteiger partial charge is 0.265 e. The highest BCUT2D eigenvalue weighted by Crippen LogP contribution is 2.45. The van der Waals surface area contributed by atoms with Gasteiger partial charge in [-0.1, -0.05) is 60.7 Å². The Morgan fingerprint density at radius 2 is 1.85 bits per heavy atom. The maximum atomic E-state index is 13.7. The molecule has 2 aliphatic rings. The van der Waals surface area contributed by atoms with Gasteiger partial charge >= 0.3 is 11.6 Å². The number of hydrogen-bond donors (Lipinski definition) is 0. The first kappa shape index (κ1) is 21.8. The second kappa shape index (κ2) is 9.05. The zero-order valence-corrected chi connectivity index (χ0v) is 18.9. The van der Waals surface area contributed by atoms with Crippen LogP contribution in [0.4, 0.5) is 5.69 Å². The highest BCUT2D eigenvalue weighted by molar-refractivity contribution is 6.09. The van der Waals surface area contributed by atoms with Gasteiger partial charge in [0.15, 0.2) is 0 Å². The third-order valence-corrected chi connectivity index (χ3v) is 6.46. The van der Waals surface area contributed by atoms with Crippen molar-refractivity contribution in [1.29, 1.82) is 0 Å². The van der Waals surface area contributed by atoms with Gasteiger partial charge in [0.25, 0.3) is 0 Å².